The molecule has 1 aromatic rings. The molecule has 3 nitrogen and oxygen atoms in total. The molecule has 1 aliphatic rings. The fourth-order valence-electron chi connectivity index (χ4n) is 2.51. The van der Waals surface area contributed by atoms with Gasteiger partial charge in [0.05, 0.1) is 12.7 Å². The number of rotatable bonds is 4. The number of hydrogen-bond acceptors (Lipinski definition) is 2. The van der Waals surface area contributed by atoms with Gasteiger partial charge in [0.25, 0.3) is 0 Å². The van der Waals surface area contributed by atoms with Gasteiger partial charge in [0.2, 0.25) is 0 Å². The van der Waals surface area contributed by atoms with Crippen molar-refractivity contribution in [1.82, 2.24) is 0 Å². The molecule has 18 heavy (non-hydrogen) atoms. The van der Waals surface area contributed by atoms with Gasteiger partial charge in [-0.25, -0.2) is 0 Å². The summed E-state index contributed by atoms with van der Waals surface area (Å²) in [4.78, 5) is 0. The second kappa shape index (κ2) is 6.01. The maximum absolute atomic E-state index is 7.55. The first-order valence-corrected chi connectivity index (χ1v) is 6.70. The molecule has 0 amide bonds. The largest absolute Gasteiger partial charge is 0.384 e. The van der Waals surface area contributed by atoms with Crippen LogP contribution in [0.3, 0.4) is 0 Å². The van der Waals surface area contributed by atoms with E-state index < -0.39 is 0 Å². The van der Waals surface area contributed by atoms with E-state index in [1.54, 1.807) is 0 Å². The topological polar surface area (TPSA) is 59.1 Å². The van der Waals surface area contributed by atoms with Crippen molar-refractivity contribution in [3.63, 3.8) is 0 Å². The lowest BCUT2D eigenvalue weighted by molar-refractivity contribution is 0.00871. The summed E-state index contributed by atoms with van der Waals surface area (Å²) in [5, 5.41) is 7.55. The predicted molar refractivity (Wildman–Crippen MR) is 73.7 cm³/mol. The Bertz CT molecular complexity index is 409. The summed E-state index contributed by atoms with van der Waals surface area (Å²) < 4.78 is 5.96. The Kier molecular flexibility index (Phi) is 4.37. The first-order chi connectivity index (χ1) is 8.66. The second-order valence-electron chi connectivity index (χ2n) is 5.26. The van der Waals surface area contributed by atoms with Crippen molar-refractivity contribution in [2.45, 2.75) is 45.3 Å². The van der Waals surface area contributed by atoms with E-state index in [0.29, 0.717) is 12.7 Å². The predicted octanol–water partition coefficient (Wildman–Crippen LogP) is 3.07. The normalized spacial score (nSPS) is 23.8. The maximum Gasteiger partial charge on any atom is 0.123 e. The molecule has 1 saturated carbocycles. The number of ether oxygens (including phenoxy) is 1. The standard InChI is InChI=1S/C15H22N2O/c1-11-6-8-13(9-7-11)18-10-12-4-2-3-5-14(12)15(16)17/h2-5,11,13H,6-10H2,1H3,(H3,16,17). The molecule has 0 saturated heterocycles. The lowest BCUT2D eigenvalue weighted by atomic mass is 9.89. The van der Waals surface area contributed by atoms with Crippen molar-refractivity contribution in [2.24, 2.45) is 11.7 Å². The molecule has 0 aliphatic heterocycles. The van der Waals surface area contributed by atoms with Crippen molar-refractivity contribution in [3.8, 4) is 0 Å². The zero-order valence-corrected chi connectivity index (χ0v) is 11.0. The van der Waals surface area contributed by atoms with E-state index in [4.69, 9.17) is 15.9 Å². The van der Waals surface area contributed by atoms with Gasteiger partial charge in [-0.2, -0.15) is 0 Å². The van der Waals surface area contributed by atoms with Crippen molar-refractivity contribution in [2.75, 3.05) is 0 Å². The average Bonchev–Trinajstić information content (AvgIpc) is 2.38. The smallest absolute Gasteiger partial charge is 0.123 e. The SMILES string of the molecule is CC1CCC(OCc2ccccc2C(=N)N)CC1. The van der Waals surface area contributed by atoms with E-state index in [2.05, 4.69) is 6.92 Å². The Labute approximate surface area is 109 Å². The van der Waals surface area contributed by atoms with Gasteiger partial charge in [-0.3, -0.25) is 5.41 Å². The minimum Gasteiger partial charge on any atom is -0.384 e. The first kappa shape index (κ1) is 13.1. The van der Waals surface area contributed by atoms with Crippen LogP contribution in [0.15, 0.2) is 24.3 Å². The highest BCUT2D eigenvalue weighted by Gasteiger charge is 2.18. The van der Waals surface area contributed by atoms with Crippen LogP contribution < -0.4 is 5.73 Å². The van der Waals surface area contributed by atoms with Crippen LogP contribution in [-0.2, 0) is 11.3 Å². The Balaban J connectivity index is 1.92. The van der Waals surface area contributed by atoms with E-state index in [-0.39, 0.29) is 5.84 Å². The first-order valence-electron chi connectivity index (χ1n) is 6.70. The summed E-state index contributed by atoms with van der Waals surface area (Å²) in [5.74, 6) is 0.959. The number of hydrogen-bond donors (Lipinski definition) is 2. The third kappa shape index (κ3) is 3.33. The highest BCUT2D eigenvalue weighted by molar-refractivity contribution is 5.96. The van der Waals surface area contributed by atoms with Crippen LogP contribution in [0, 0.1) is 11.3 Å². The van der Waals surface area contributed by atoms with Crippen LogP contribution in [0.1, 0.15) is 43.7 Å². The van der Waals surface area contributed by atoms with Crippen molar-refractivity contribution in [1.29, 1.82) is 5.41 Å². The summed E-state index contributed by atoms with van der Waals surface area (Å²) in [5.41, 5.74) is 7.38. The minimum atomic E-state index is 0.117. The Morgan fingerprint density at radius 2 is 1.94 bits per heavy atom. The van der Waals surface area contributed by atoms with Crippen LogP contribution in [0.25, 0.3) is 0 Å². The Morgan fingerprint density at radius 3 is 2.61 bits per heavy atom. The summed E-state index contributed by atoms with van der Waals surface area (Å²) in [7, 11) is 0. The molecule has 0 spiro atoms. The van der Waals surface area contributed by atoms with Gasteiger partial charge in [-0.15, -0.1) is 0 Å². The zero-order valence-electron chi connectivity index (χ0n) is 11.0. The molecule has 1 aliphatic carbocycles. The fourth-order valence-corrected chi connectivity index (χ4v) is 2.51. The van der Waals surface area contributed by atoms with Crippen LogP contribution >= 0.6 is 0 Å². The van der Waals surface area contributed by atoms with E-state index in [1.165, 1.54) is 12.8 Å². The molecule has 0 radical (unpaired) electrons. The number of nitrogen functional groups attached to an aromatic ring is 1. The molecule has 1 aromatic carbocycles. The number of nitrogens with one attached hydrogen (secondary N) is 1. The fraction of sp³-hybridized carbons (Fsp3) is 0.533. The quantitative estimate of drug-likeness (QED) is 0.633. The van der Waals surface area contributed by atoms with Crippen molar-refractivity contribution < 1.29 is 4.74 Å². The lowest BCUT2D eigenvalue weighted by Crippen LogP contribution is -2.21. The molecule has 3 heteroatoms. The number of amidine groups is 1. The van der Waals surface area contributed by atoms with E-state index >= 15 is 0 Å². The van der Waals surface area contributed by atoms with Gasteiger partial charge in [0.15, 0.2) is 0 Å². The average molecular weight is 246 g/mol. The van der Waals surface area contributed by atoms with Crippen molar-refractivity contribution in [3.05, 3.63) is 35.4 Å². The number of benzene rings is 1. The molecule has 0 heterocycles. The molecule has 0 atom stereocenters. The molecule has 98 valence electrons. The van der Waals surface area contributed by atoms with Gasteiger partial charge >= 0.3 is 0 Å². The highest BCUT2D eigenvalue weighted by atomic mass is 16.5. The lowest BCUT2D eigenvalue weighted by Gasteiger charge is -2.26. The summed E-state index contributed by atoms with van der Waals surface area (Å²) >= 11 is 0. The summed E-state index contributed by atoms with van der Waals surface area (Å²) in [6.45, 7) is 2.87. The Hall–Kier alpha value is -1.35. The van der Waals surface area contributed by atoms with Gasteiger partial charge in [0.1, 0.15) is 5.84 Å². The molecular formula is C15H22N2O. The van der Waals surface area contributed by atoms with E-state index in [1.807, 2.05) is 24.3 Å². The Morgan fingerprint density at radius 1 is 1.28 bits per heavy atom. The zero-order chi connectivity index (χ0) is 13.0. The molecule has 0 aromatic heterocycles. The number of nitrogens with two attached hydrogens (primary N) is 1. The third-order valence-corrected chi connectivity index (χ3v) is 3.74. The molecule has 0 unspecified atom stereocenters. The van der Waals surface area contributed by atoms with Crippen LogP contribution in [0.5, 0.6) is 0 Å². The molecule has 3 N–H and O–H groups in total. The highest BCUT2D eigenvalue weighted by Crippen LogP contribution is 2.26. The van der Waals surface area contributed by atoms with Gasteiger partial charge in [0, 0.05) is 5.56 Å². The summed E-state index contributed by atoms with van der Waals surface area (Å²) in [6, 6.07) is 7.74. The van der Waals surface area contributed by atoms with E-state index in [0.717, 1.165) is 29.9 Å². The molecule has 2 rings (SSSR count). The minimum absolute atomic E-state index is 0.117. The van der Waals surface area contributed by atoms with Crippen molar-refractivity contribution >= 4 is 5.84 Å². The summed E-state index contributed by atoms with van der Waals surface area (Å²) in [6.07, 6.45) is 5.21. The van der Waals surface area contributed by atoms with Crippen LogP contribution in [0.2, 0.25) is 0 Å². The van der Waals surface area contributed by atoms with Gasteiger partial charge in [-0.1, -0.05) is 31.2 Å². The second-order valence-corrected chi connectivity index (χ2v) is 5.26. The van der Waals surface area contributed by atoms with Crippen LogP contribution in [-0.4, -0.2) is 11.9 Å². The van der Waals surface area contributed by atoms with Gasteiger partial charge in [-0.05, 0) is 37.2 Å². The molecular weight excluding hydrogens is 224 g/mol. The third-order valence-electron chi connectivity index (χ3n) is 3.74. The maximum atomic E-state index is 7.55. The molecule has 1 fully saturated rings. The monoisotopic (exact) mass is 246 g/mol. The molecule has 0 bridgehead atoms. The van der Waals surface area contributed by atoms with Gasteiger partial charge < -0.3 is 10.5 Å². The van der Waals surface area contributed by atoms with Crippen LogP contribution in [0.4, 0.5) is 0 Å². The van der Waals surface area contributed by atoms with E-state index in [9.17, 15) is 0 Å².